The number of nitrogens with one attached hydrogen (secondary N) is 1. The third-order valence-electron chi connectivity index (χ3n) is 5.45. The first-order valence-corrected chi connectivity index (χ1v) is 8.67. The molecule has 3 rings (SSSR count). The van der Waals surface area contributed by atoms with Crippen LogP contribution in [0.2, 0.25) is 0 Å². The van der Waals surface area contributed by atoms with E-state index in [9.17, 15) is 0 Å². The monoisotopic (exact) mass is 291 g/mol. The van der Waals surface area contributed by atoms with Crippen LogP contribution >= 0.6 is 0 Å². The summed E-state index contributed by atoms with van der Waals surface area (Å²) in [5.74, 6) is 0. The third-order valence-corrected chi connectivity index (χ3v) is 5.45. The predicted molar refractivity (Wildman–Crippen MR) is 84.2 cm³/mol. The maximum absolute atomic E-state index is 6.01. The van der Waals surface area contributed by atoms with Crippen LogP contribution in [0.1, 0.15) is 51.9 Å². The average molecular weight is 291 g/mol. The molecule has 21 heavy (non-hydrogen) atoms. The number of hydrogen-bond acceptors (Lipinski definition) is 3. The lowest BCUT2D eigenvalue weighted by Crippen LogP contribution is -2.64. The summed E-state index contributed by atoms with van der Waals surface area (Å²) in [5, 5.41) is 8.07. The van der Waals surface area contributed by atoms with Gasteiger partial charge in [-0.15, -0.1) is 0 Å². The van der Waals surface area contributed by atoms with Crippen LogP contribution in [0.15, 0.2) is 18.5 Å². The van der Waals surface area contributed by atoms with Gasteiger partial charge in [0.1, 0.15) is 0 Å². The Morgan fingerprint density at radius 3 is 2.90 bits per heavy atom. The zero-order valence-electron chi connectivity index (χ0n) is 13.3. The molecule has 2 aliphatic carbocycles. The molecule has 0 bridgehead atoms. The van der Waals surface area contributed by atoms with Crippen molar-refractivity contribution in [2.24, 2.45) is 5.41 Å². The molecule has 1 heterocycles. The standard InChI is InChI=1S/C17H29N3O/c1-2-21-16-14-15(17(16)8-4-3-5-9-17)18-10-6-12-20-13-7-11-19-20/h7,11,13,15-16,18H,2-6,8-10,12,14H2,1H3. The number of aryl methyl sites for hydroxylation is 1. The second-order valence-electron chi connectivity index (χ2n) is 6.60. The van der Waals surface area contributed by atoms with Gasteiger partial charge in [-0.2, -0.15) is 5.10 Å². The Morgan fingerprint density at radius 1 is 1.33 bits per heavy atom. The van der Waals surface area contributed by atoms with Crippen molar-refractivity contribution in [3.8, 4) is 0 Å². The van der Waals surface area contributed by atoms with E-state index in [-0.39, 0.29) is 0 Å². The molecule has 2 saturated carbocycles. The van der Waals surface area contributed by atoms with E-state index in [1.807, 2.05) is 23.1 Å². The van der Waals surface area contributed by atoms with Crippen molar-refractivity contribution in [3.63, 3.8) is 0 Å². The van der Waals surface area contributed by atoms with Crippen LogP contribution in [0.3, 0.4) is 0 Å². The van der Waals surface area contributed by atoms with Gasteiger partial charge in [-0.25, -0.2) is 0 Å². The van der Waals surface area contributed by atoms with Crippen molar-refractivity contribution < 1.29 is 4.74 Å². The van der Waals surface area contributed by atoms with E-state index in [1.165, 1.54) is 38.5 Å². The molecular formula is C17H29N3O. The van der Waals surface area contributed by atoms with Gasteiger partial charge in [-0.1, -0.05) is 19.3 Å². The largest absolute Gasteiger partial charge is 0.378 e. The molecule has 2 aliphatic rings. The Hall–Kier alpha value is -0.870. The summed E-state index contributed by atoms with van der Waals surface area (Å²) in [7, 11) is 0. The fourth-order valence-electron chi connectivity index (χ4n) is 4.30. The van der Waals surface area contributed by atoms with Gasteiger partial charge in [0, 0.05) is 37.0 Å². The Morgan fingerprint density at radius 2 is 2.19 bits per heavy atom. The lowest BCUT2D eigenvalue weighted by atomic mass is 9.55. The van der Waals surface area contributed by atoms with Gasteiger partial charge in [0.25, 0.3) is 0 Å². The molecule has 0 aromatic carbocycles. The van der Waals surface area contributed by atoms with Crippen LogP contribution in [0.25, 0.3) is 0 Å². The van der Waals surface area contributed by atoms with Gasteiger partial charge in [0.15, 0.2) is 0 Å². The molecule has 0 radical (unpaired) electrons. The minimum atomic E-state index is 0.444. The Kier molecular flexibility index (Phi) is 4.96. The van der Waals surface area contributed by atoms with Crippen LogP contribution in [0.4, 0.5) is 0 Å². The van der Waals surface area contributed by atoms with Gasteiger partial charge < -0.3 is 10.1 Å². The van der Waals surface area contributed by atoms with Crippen molar-refractivity contribution in [2.75, 3.05) is 13.2 Å². The molecule has 1 aromatic rings. The summed E-state index contributed by atoms with van der Waals surface area (Å²) in [6.07, 6.45) is 13.6. The van der Waals surface area contributed by atoms with Crippen molar-refractivity contribution in [1.29, 1.82) is 0 Å². The van der Waals surface area contributed by atoms with E-state index in [0.29, 0.717) is 17.6 Å². The minimum Gasteiger partial charge on any atom is -0.378 e. The third kappa shape index (κ3) is 3.16. The number of ether oxygens (including phenoxy) is 1. The minimum absolute atomic E-state index is 0.444. The fourth-order valence-corrected chi connectivity index (χ4v) is 4.30. The van der Waals surface area contributed by atoms with Crippen LogP contribution < -0.4 is 5.32 Å². The highest BCUT2D eigenvalue weighted by Crippen LogP contribution is 2.53. The van der Waals surface area contributed by atoms with Gasteiger partial charge >= 0.3 is 0 Å². The zero-order chi connectivity index (χ0) is 14.5. The SMILES string of the molecule is CCOC1CC(NCCCn2cccn2)C12CCCCC2. The molecule has 0 saturated heterocycles. The van der Waals surface area contributed by atoms with E-state index >= 15 is 0 Å². The second kappa shape index (κ2) is 6.93. The van der Waals surface area contributed by atoms with Crippen LogP contribution in [-0.2, 0) is 11.3 Å². The van der Waals surface area contributed by atoms with Crippen molar-refractivity contribution >= 4 is 0 Å². The van der Waals surface area contributed by atoms with E-state index in [4.69, 9.17) is 4.74 Å². The topological polar surface area (TPSA) is 39.1 Å². The van der Waals surface area contributed by atoms with Gasteiger partial charge in [-0.05, 0) is 45.2 Å². The smallest absolute Gasteiger partial charge is 0.0661 e. The Labute approximate surface area is 128 Å². The molecule has 2 atom stereocenters. The molecule has 1 N–H and O–H groups in total. The van der Waals surface area contributed by atoms with E-state index in [1.54, 1.807) is 0 Å². The maximum Gasteiger partial charge on any atom is 0.0661 e. The summed E-state index contributed by atoms with van der Waals surface area (Å²) >= 11 is 0. The fraction of sp³-hybridized carbons (Fsp3) is 0.824. The normalized spacial score (nSPS) is 27.7. The number of rotatable bonds is 7. The number of hydrogen-bond donors (Lipinski definition) is 1. The highest BCUT2D eigenvalue weighted by atomic mass is 16.5. The van der Waals surface area contributed by atoms with Gasteiger partial charge in [0.05, 0.1) is 6.10 Å². The van der Waals surface area contributed by atoms with Gasteiger partial charge in [0.2, 0.25) is 0 Å². The maximum atomic E-state index is 6.01. The second-order valence-corrected chi connectivity index (χ2v) is 6.60. The van der Waals surface area contributed by atoms with Gasteiger partial charge in [-0.3, -0.25) is 4.68 Å². The summed E-state index contributed by atoms with van der Waals surface area (Å²) in [6, 6.07) is 2.66. The van der Waals surface area contributed by atoms with Crippen molar-refractivity contribution in [2.45, 2.75) is 70.6 Å². The van der Waals surface area contributed by atoms with E-state index < -0.39 is 0 Å². The van der Waals surface area contributed by atoms with Crippen molar-refractivity contribution in [1.82, 2.24) is 15.1 Å². The molecular weight excluding hydrogens is 262 g/mol. The zero-order valence-corrected chi connectivity index (χ0v) is 13.3. The quantitative estimate of drug-likeness (QED) is 0.785. The molecule has 1 spiro atoms. The summed E-state index contributed by atoms with van der Waals surface area (Å²) in [4.78, 5) is 0. The molecule has 0 aliphatic heterocycles. The number of nitrogens with zero attached hydrogens (tertiary/aromatic N) is 2. The highest BCUT2D eigenvalue weighted by Gasteiger charge is 2.55. The molecule has 0 amide bonds. The summed E-state index contributed by atoms with van der Waals surface area (Å²) < 4.78 is 8.03. The first kappa shape index (κ1) is 15.0. The van der Waals surface area contributed by atoms with Crippen LogP contribution in [0.5, 0.6) is 0 Å². The molecule has 2 fully saturated rings. The summed E-state index contributed by atoms with van der Waals surface area (Å²) in [5.41, 5.74) is 0.444. The molecule has 2 unspecified atom stereocenters. The lowest BCUT2D eigenvalue weighted by molar-refractivity contribution is -0.149. The van der Waals surface area contributed by atoms with Crippen LogP contribution in [-0.4, -0.2) is 35.1 Å². The van der Waals surface area contributed by atoms with Crippen LogP contribution in [0, 0.1) is 5.41 Å². The first-order valence-electron chi connectivity index (χ1n) is 8.67. The summed E-state index contributed by atoms with van der Waals surface area (Å²) in [6.45, 7) is 5.08. The molecule has 1 aromatic heterocycles. The van der Waals surface area contributed by atoms with Crippen molar-refractivity contribution in [3.05, 3.63) is 18.5 Å². The first-order chi connectivity index (χ1) is 10.3. The Bertz CT molecular complexity index is 412. The number of aromatic nitrogens is 2. The van der Waals surface area contributed by atoms with E-state index in [2.05, 4.69) is 17.3 Å². The highest BCUT2D eigenvalue weighted by molar-refractivity contribution is 5.08. The van der Waals surface area contributed by atoms with E-state index in [0.717, 1.165) is 26.1 Å². The predicted octanol–water partition coefficient (Wildman–Crippen LogP) is 2.99. The molecule has 118 valence electrons. The Balaban J connectivity index is 1.46. The molecule has 4 heteroatoms. The molecule has 4 nitrogen and oxygen atoms in total. The average Bonchev–Trinajstić information content (AvgIpc) is 3.03. The lowest BCUT2D eigenvalue weighted by Gasteiger charge is -2.58.